The smallest absolute Gasteiger partial charge is 0.227 e. The van der Waals surface area contributed by atoms with Gasteiger partial charge >= 0.3 is 0 Å². The second-order valence-electron chi connectivity index (χ2n) is 4.79. The maximum atomic E-state index is 11.6. The number of aromatic amines is 1. The highest BCUT2D eigenvalue weighted by molar-refractivity contribution is 5.95. The van der Waals surface area contributed by atoms with E-state index >= 15 is 0 Å². The van der Waals surface area contributed by atoms with Gasteiger partial charge in [-0.25, -0.2) is 4.98 Å². The molecule has 5 nitrogen and oxygen atoms in total. The number of amides is 1. The van der Waals surface area contributed by atoms with E-state index in [1.807, 2.05) is 19.2 Å². The lowest BCUT2D eigenvalue weighted by Gasteiger charge is -2.26. The summed E-state index contributed by atoms with van der Waals surface area (Å²) < 4.78 is 0. The predicted octanol–water partition coefficient (Wildman–Crippen LogP) is 1.37. The second-order valence-corrected chi connectivity index (χ2v) is 4.79. The molecule has 1 aromatic heterocycles. The molecule has 0 aliphatic carbocycles. The van der Waals surface area contributed by atoms with Crippen LogP contribution in [0.25, 0.3) is 0 Å². The van der Waals surface area contributed by atoms with Gasteiger partial charge in [0.1, 0.15) is 5.82 Å². The molecule has 0 fully saturated rings. The van der Waals surface area contributed by atoms with Crippen molar-refractivity contribution in [2.45, 2.75) is 18.9 Å². The summed E-state index contributed by atoms with van der Waals surface area (Å²) in [5, 5.41) is 0. The highest BCUT2D eigenvalue weighted by Crippen LogP contribution is 2.29. The van der Waals surface area contributed by atoms with Crippen molar-refractivity contribution in [2.24, 2.45) is 5.73 Å². The minimum Gasteiger partial charge on any atom is -0.347 e. The molecule has 1 aliphatic heterocycles. The number of hydrogen-bond acceptors (Lipinski definition) is 3. The minimum atomic E-state index is -0.261. The topological polar surface area (TPSA) is 75.0 Å². The lowest BCUT2D eigenvalue weighted by atomic mass is 9.96. The Kier molecular flexibility index (Phi) is 2.83. The Labute approximate surface area is 111 Å². The molecule has 0 saturated heterocycles. The van der Waals surface area contributed by atoms with Crippen molar-refractivity contribution in [1.29, 1.82) is 0 Å². The molecule has 1 aromatic carbocycles. The summed E-state index contributed by atoms with van der Waals surface area (Å²) in [4.78, 5) is 20.6. The molecule has 1 atom stereocenters. The van der Waals surface area contributed by atoms with E-state index in [0.29, 0.717) is 6.42 Å². The molecular weight excluding hydrogens is 240 g/mol. The molecule has 3 rings (SSSR count). The van der Waals surface area contributed by atoms with Gasteiger partial charge in [0, 0.05) is 31.5 Å². The molecule has 0 radical (unpaired) electrons. The summed E-state index contributed by atoms with van der Waals surface area (Å²) in [6.07, 6.45) is 4.79. The zero-order valence-electron chi connectivity index (χ0n) is 10.8. The fourth-order valence-electron chi connectivity index (χ4n) is 2.48. The number of nitrogens with two attached hydrogens (primary N) is 1. The Balaban J connectivity index is 1.96. The molecule has 1 aliphatic rings. The number of imidazole rings is 1. The molecule has 0 bridgehead atoms. The van der Waals surface area contributed by atoms with Gasteiger partial charge in [-0.2, -0.15) is 0 Å². The van der Waals surface area contributed by atoms with E-state index in [9.17, 15) is 4.79 Å². The number of benzene rings is 1. The average Bonchev–Trinajstić information content (AvgIpc) is 2.96. The third-order valence-corrected chi connectivity index (χ3v) is 3.62. The number of aryl methyl sites for hydroxylation is 1. The summed E-state index contributed by atoms with van der Waals surface area (Å²) in [6, 6.07) is 5.74. The second kappa shape index (κ2) is 4.51. The number of fused-ring (bicyclic) bond motifs is 1. The van der Waals surface area contributed by atoms with E-state index in [-0.39, 0.29) is 11.9 Å². The monoisotopic (exact) mass is 256 g/mol. The standard InChI is InChI=1S/C14H16N4O/c1-18-11-4-2-10(8-9(11)3-5-12(18)19)13(15)14-16-6-7-17-14/h2,4,6-8,13H,3,5,15H2,1H3,(H,16,17). The van der Waals surface area contributed by atoms with Crippen LogP contribution in [0.2, 0.25) is 0 Å². The van der Waals surface area contributed by atoms with E-state index in [1.54, 1.807) is 17.3 Å². The number of hydrogen-bond donors (Lipinski definition) is 2. The number of nitrogens with one attached hydrogen (secondary N) is 1. The van der Waals surface area contributed by atoms with E-state index in [4.69, 9.17) is 5.73 Å². The van der Waals surface area contributed by atoms with Crippen LogP contribution in [0, 0.1) is 0 Å². The maximum Gasteiger partial charge on any atom is 0.227 e. The van der Waals surface area contributed by atoms with E-state index in [2.05, 4.69) is 16.0 Å². The van der Waals surface area contributed by atoms with Gasteiger partial charge in [0.15, 0.2) is 0 Å². The molecule has 3 N–H and O–H groups in total. The summed E-state index contributed by atoms with van der Waals surface area (Å²) in [5.74, 6) is 0.913. The highest BCUT2D eigenvalue weighted by atomic mass is 16.2. The van der Waals surface area contributed by atoms with Crippen LogP contribution in [-0.2, 0) is 11.2 Å². The van der Waals surface area contributed by atoms with Crippen molar-refractivity contribution in [1.82, 2.24) is 9.97 Å². The van der Waals surface area contributed by atoms with Crippen LogP contribution < -0.4 is 10.6 Å². The molecule has 98 valence electrons. The Morgan fingerprint density at radius 1 is 1.42 bits per heavy atom. The number of carbonyl (C=O) groups excluding carboxylic acids is 1. The van der Waals surface area contributed by atoms with Gasteiger partial charge in [0.05, 0.1) is 6.04 Å². The predicted molar refractivity (Wildman–Crippen MR) is 72.8 cm³/mol. The van der Waals surface area contributed by atoms with Crippen LogP contribution in [0.15, 0.2) is 30.6 Å². The number of rotatable bonds is 2. The molecule has 1 amide bonds. The van der Waals surface area contributed by atoms with Crippen LogP contribution in [0.5, 0.6) is 0 Å². The first-order valence-electron chi connectivity index (χ1n) is 6.31. The first-order chi connectivity index (χ1) is 9.16. The van der Waals surface area contributed by atoms with Crippen molar-refractivity contribution in [3.05, 3.63) is 47.5 Å². The highest BCUT2D eigenvalue weighted by Gasteiger charge is 2.22. The SMILES string of the molecule is CN1C(=O)CCc2cc(C(N)c3ncc[nH]3)ccc21. The number of H-pyrrole nitrogens is 1. The summed E-state index contributed by atoms with van der Waals surface area (Å²) in [5.41, 5.74) is 9.34. The quantitative estimate of drug-likeness (QED) is 0.852. The molecular formula is C14H16N4O. The fraction of sp³-hybridized carbons (Fsp3) is 0.286. The third kappa shape index (κ3) is 2.02. The molecule has 2 aromatic rings. The van der Waals surface area contributed by atoms with Crippen LogP contribution in [0.3, 0.4) is 0 Å². The van der Waals surface area contributed by atoms with E-state index in [1.165, 1.54) is 5.56 Å². The van der Waals surface area contributed by atoms with Gasteiger partial charge in [-0.15, -0.1) is 0 Å². The summed E-state index contributed by atoms with van der Waals surface area (Å²) in [7, 11) is 1.81. The number of nitrogens with zero attached hydrogens (tertiary/aromatic N) is 2. The zero-order valence-corrected chi connectivity index (χ0v) is 10.8. The van der Waals surface area contributed by atoms with Gasteiger partial charge < -0.3 is 15.6 Å². The Hall–Kier alpha value is -2.14. The number of anilines is 1. The van der Waals surface area contributed by atoms with Crippen molar-refractivity contribution in [2.75, 3.05) is 11.9 Å². The number of aromatic nitrogens is 2. The average molecular weight is 256 g/mol. The van der Waals surface area contributed by atoms with Gasteiger partial charge in [-0.3, -0.25) is 4.79 Å². The Morgan fingerprint density at radius 3 is 3.00 bits per heavy atom. The van der Waals surface area contributed by atoms with Crippen molar-refractivity contribution < 1.29 is 4.79 Å². The molecule has 5 heteroatoms. The zero-order chi connectivity index (χ0) is 13.4. The van der Waals surface area contributed by atoms with Crippen LogP contribution in [-0.4, -0.2) is 22.9 Å². The molecule has 0 spiro atoms. The summed E-state index contributed by atoms with van der Waals surface area (Å²) in [6.45, 7) is 0. The summed E-state index contributed by atoms with van der Waals surface area (Å²) >= 11 is 0. The van der Waals surface area contributed by atoms with Crippen molar-refractivity contribution in [3.63, 3.8) is 0 Å². The minimum absolute atomic E-state index is 0.163. The van der Waals surface area contributed by atoms with Crippen molar-refractivity contribution in [3.8, 4) is 0 Å². The Bertz CT molecular complexity index is 606. The molecule has 0 saturated carbocycles. The molecule has 2 heterocycles. The molecule has 1 unspecified atom stereocenters. The maximum absolute atomic E-state index is 11.6. The van der Waals surface area contributed by atoms with Gasteiger partial charge in [-0.1, -0.05) is 12.1 Å². The Morgan fingerprint density at radius 2 is 2.26 bits per heavy atom. The van der Waals surface area contributed by atoms with E-state index < -0.39 is 0 Å². The first kappa shape index (κ1) is 11.9. The van der Waals surface area contributed by atoms with Crippen LogP contribution >= 0.6 is 0 Å². The third-order valence-electron chi connectivity index (χ3n) is 3.62. The normalized spacial score (nSPS) is 16.3. The largest absolute Gasteiger partial charge is 0.347 e. The first-order valence-corrected chi connectivity index (χ1v) is 6.31. The van der Waals surface area contributed by atoms with Crippen LogP contribution in [0.1, 0.15) is 29.4 Å². The van der Waals surface area contributed by atoms with Crippen molar-refractivity contribution >= 4 is 11.6 Å². The van der Waals surface area contributed by atoms with Crippen LogP contribution in [0.4, 0.5) is 5.69 Å². The van der Waals surface area contributed by atoms with Gasteiger partial charge in [0.2, 0.25) is 5.91 Å². The fourth-order valence-corrected chi connectivity index (χ4v) is 2.48. The van der Waals surface area contributed by atoms with Gasteiger partial charge in [-0.05, 0) is 23.6 Å². The number of carbonyl (C=O) groups is 1. The lowest BCUT2D eigenvalue weighted by molar-refractivity contribution is -0.118. The molecule has 19 heavy (non-hydrogen) atoms. The van der Waals surface area contributed by atoms with E-state index in [0.717, 1.165) is 23.5 Å². The van der Waals surface area contributed by atoms with Gasteiger partial charge in [0.25, 0.3) is 0 Å². The lowest BCUT2D eigenvalue weighted by Crippen LogP contribution is -2.31.